The molecule has 2 saturated carbocycles. The predicted molar refractivity (Wildman–Crippen MR) is 73.5 cm³/mol. The summed E-state index contributed by atoms with van der Waals surface area (Å²) in [5.41, 5.74) is 0. The van der Waals surface area contributed by atoms with E-state index in [1.54, 1.807) is 0 Å². The van der Waals surface area contributed by atoms with Gasteiger partial charge in [0.1, 0.15) is 0 Å². The molecule has 2 aliphatic rings. The summed E-state index contributed by atoms with van der Waals surface area (Å²) in [6, 6.07) is 0. The van der Waals surface area contributed by atoms with E-state index in [0.29, 0.717) is 0 Å². The van der Waals surface area contributed by atoms with Crippen LogP contribution < -0.4 is 0 Å². The lowest BCUT2D eigenvalue weighted by molar-refractivity contribution is 0.0119. The summed E-state index contributed by atoms with van der Waals surface area (Å²) in [5, 5.41) is 0. The Bertz CT molecular complexity index is 174. The Morgan fingerprint density at radius 1 is 0.562 bits per heavy atom. The van der Waals surface area contributed by atoms with E-state index in [1.165, 1.54) is 25.7 Å². The van der Waals surface area contributed by atoms with Crippen LogP contribution in [0.1, 0.15) is 67.2 Å². The lowest BCUT2D eigenvalue weighted by Crippen LogP contribution is -2.40. The fraction of sp³-hybridized carbons (Fsp3) is 1.00. The summed E-state index contributed by atoms with van der Waals surface area (Å²) in [6.07, 6.45) is 6.00. The van der Waals surface area contributed by atoms with Crippen LogP contribution in [0.3, 0.4) is 0 Å². The van der Waals surface area contributed by atoms with E-state index in [0.717, 1.165) is 35.5 Å². The molecule has 0 nitrogen and oxygen atoms in total. The van der Waals surface area contributed by atoms with Gasteiger partial charge in [0.25, 0.3) is 0 Å². The zero-order valence-electron chi connectivity index (χ0n) is 12.3. The van der Waals surface area contributed by atoms with E-state index < -0.39 is 0 Å². The van der Waals surface area contributed by atoms with Gasteiger partial charge in [-0.05, 0) is 48.3 Å². The second-order valence-corrected chi connectivity index (χ2v) is 6.16. The summed E-state index contributed by atoms with van der Waals surface area (Å²) >= 11 is 0. The average molecular weight is 224 g/mol. The molecule has 0 saturated heterocycles. The maximum atomic E-state index is 2.50. The molecule has 0 aliphatic heterocycles. The lowest BCUT2D eigenvalue weighted by atomic mass is 9.57. The van der Waals surface area contributed by atoms with Crippen LogP contribution >= 0.6 is 0 Å². The molecule has 0 spiro atoms. The highest BCUT2D eigenvalue weighted by molar-refractivity contribution is 4.90. The molecule has 6 unspecified atom stereocenters. The smallest absolute Gasteiger partial charge is 0.0355 e. The minimum absolute atomic E-state index is 0.983. The van der Waals surface area contributed by atoms with Gasteiger partial charge in [-0.1, -0.05) is 54.4 Å². The molecule has 0 radical (unpaired) electrons. The van der Waals surface area contributed by atoms with Crippen LogP contribution in [0.15, 0.2) is 0 Å². The monoisotopic (exact) mass is 224 g/mol. The van der Waals surface area contributed by atoms with Crippen LogP contribution in [-0.2, 0) is 0 Å². The van der Waals surface area contributed by atoms with Crippen molar-refractivity contribution in [1.29, 1.82) is 0 Å². The highest BCUT2D eigenvalue weighted by atomic mass is 14.5. The average Bonchev–Trinajstić information content (AvgIpc) is 2.31. The first kappa shape index (κ1) is 14.1. The van der Waals surface area contributed by atoms with Gasteiger partial charge < -0.3 is 0 Å². The van der Waals surface area contributed by atoms with Crippen molar-refractivity contribution in [2.75, 3.05) is 0 Å². The minimum Gasteiger partial charge on any atom is -0.0683 e. The van der Waals surface area contributed by atoms with Gasteiger partial charge in [-0.3, -0.25) is 0 Å². The Morgan fingerprint density at radius 3 is 1.19 bits per heavy atom. The van der Waals surface area contributed by atoms with Gasteiger partial charge in [0.2, 0.25) is 0 Å². The molecule has 2 fully saturated rings. The van der Waals surface area contributed by atoms with Crippen LogP contribution in [-0.4, -0.2) is 0 Å². The van der Waals surface area contributed by atoms with Crippen molar-refractivity contribution in [3.63, 3.8) is 0 Å². The SMILES string of the molecule is CC.CC1CCC2C(C)C(C)CCC2C1C. The first-order valence-electron chi connectivity index (χ1n) is 7.61. The Kier molecular flexibility index (Phi) is 5.34. The molecule has 0 bridgehead atoms. The van der Waals surface area contributed by atoms with E-state index in [2.05, 4.69) is 27.7 Å². The standard InChI is InChI=1S/C14H26.C2H6/c1-9-5-7-14-12(4)10(2)6-8-13(14)11(9)3;1-2/h9-14H,5-8H2,1-4H3;1-2H3. The van der Waals surface area contributed by atoms with Gasteiger partial charge in [0.05, 0.1) is 0 Å². The van der Waals surface area contributed by atoms with Crippen molar-refractivity contribution < 1.29 is 0 Å². The Labute approximate surface area is 103 Å². The van der Waals surface area contributed by atoms with Crippen LogP contribution in [0.2, 0.25) is 0 Å². The Balaban J connectivity index is 0.000000606. The molecular formula is C16H32. The minimum atomic E-state index is 0.983. The van der Waals surface area contributed by atoms with Crippen LogP contribution in [0.25, 0.3) is 0 Å². The first-order chi connectivity index (χ1) is 7.61. The molecule has 0 heteroatoms. The fourth-order valence-corrected chi connectivity index (χ4v) is 4.01. The molecule has 0 heterocycles. The molecule has 0 N–H and O–H groups in total. The van der Waals surface area contributed by atoms with Crippen LogP contribution in [0.4, 0.5) is 0 Å². The summed E-state index contributed by atoms with van der Waals surface area (Å²) in [5.74, 6) is 6.07. The third kappa shape index (κ3) is 2.63. The lowest BCUT2D eigenvalue weighted by Gasteiger charge is -2.48. The predicted octanol–water partition coefficient (Wildman–Crippen LogP) is 5.38. The molecule has 0 aromatic heterocycles. The van der Waals surface area contributed by atoms with Crippen LogP contribution in [0.5, 0.6) is 0 Å². The van der Waals surface area contributed by atoms with E-state index in [4.69, 9.17) is 0 Å². The Morgan fingerprint density at radius 2 is 0.875 bits per heavy atom. The third-order valence-corrected chi connectivity index (χ3v) is 5.61. The van der Waals surface area contributed by atoms with Crippen molar-refractivity contribution in [1.82, 2.24) is 0 Å². The summed E-state index contributed by atoms with van der Waals surface area (Å²) < 4.78 is 0. The molecular weight excluding hydrogens is 192 g/mol. The van der Waals surface area contributed by atoms with Crippen LogP contribution in [0, 0.1) is 35.5 Å². The van der Waals surface area contributed by atoms with Gasteiger partial charge in [-0.2, -0.15) is 0 Å². The van der Waals surface area contributed by atoms with E-state index in [9.17, 15) is 0 Å². The highest BCUT2D eigenvalue weighted by Gasteiger charge is 2.41. The quantitative estimate of drug-likeness (QED) is 0.518. The number of fused-ring (bicyclic) bond motifs is 1. The van der Waals surface area contributed by atoms with E-state index in [-0.39, 0.29) is 0 Å². The topological polar surface area (TPSA) is 0 Å². The van der Waals surface area contributed by atoms with Crippen molar-refractivity contribution in [2.24, 2.45) is 35.5 Å². The number of hydrogen-bond acceptors (Lipinski definition) is 0. The van der Waals surface area contributed by atoms with Gasteiger partial charge in [-0.15, -0.1) is 0 Å². The zero-order valence-corrected chi connectivity index (χ0v) is 12.3. The van der Waals surface area contributed by atoms with Gasteiger partial charge in [-0.25, -0.2) is 0 Å². The summed E-state index contributed by atoms with van der Waals surface area (Å²) in [4.78, 5) is 0. The normalized spacial score (nSPS) is 47.6. The van der Waals surface area contributed by atoms with Gasteiger partial charge in [0, 0.05) is 0 Å². The van der Waals surface area contributed by atoms with Crippen molar-refractivity contribution >= 4 is 0 Å². The van der Waals surface area contributed by atoms with E-state index in [1.807, 2.05) is 13.8 Å². The highest BCUT2D eigenvalue weighted by Crippen LogP contribution is 2.49. The van der Waals surface area contributed by atoms with Gasteiger partial charge in [0.15, 0.2) is 0 Å². The molecule has 0 aromatic rings. The molecule has 0 amide bonds. The maximum Gasteiger partial charge on any atom is -0.0355 e. The fourth-order valence-electron chi connectivity index (χ4n) is 4.01. The Hall–Kier alpha value is 0. The first-order valence-corrected chi connectivity index (χ1v) is 7.61. The molecule has 2 aliphatic carbocycles. The number of rotatable bonds is 0. The number of hydrogen-bond donors (Lipinski definition) is 0. The zero-order chi connectivity index (χ0) is 12.3. The third-order valence-electron chi connectivity index (χ3n) is 5.61. The molecule has 6 atom stereocenters. The molecule has 16 heavy (non-hydrogen) atoms. The van der Waals surface area contributed by atoms with Crippen molar-refractivity contribution in [3.05, 3.63) is 0 Å². The molecule has 96 valence electrons. The summed E-state index contributed by atoms with van der Waals surface area (Å²) in [6.45, 7) is 13.9. The maximum absolute atomic E-state index is 2.50. The second-order valence-electron chi connectivity index (χ2n) is 6.16. The summed E-state index contributed by atoms with van der Waals surface area (Å²) in [7, 11) is 0. The largest absolute Gasteiger partial charge is 0.0683 e. The van der Waals surface area contributed by atoms with Crippen molar-refractivity contribution in [2.45, 2.75) is 67.2 Å². The molecule has 0 aromatic carbocycles. The van der Waals surface area contributed by atoms with E-state index >= 15 is 0 Å². The van der Waals surface area contributed by atoms with Gasteiger partial charge >= 0.3 is 0 Å². The van der Waals surface area contributed by atoms with Crippen molar-refractivity contribution in [3.8, 4) is 0 Å². The molecule has 2 rings (SSSR count). The second kappa shape index (κ2) is 6.07.